The SMILES string of the molecule is CC1CCCCC1OCC(=O)N[C@H](Cc1ccccc1)C(=O)O. The highest BCUT2D eigenvalue weighted by atomic mass is 16.5. The van der Waals surface area contributed by atoms with E-state index >= 15 is 0 Å². The maximum Gasteiger partial charge on any atom is 0.326 e. The Labute approximate surface area is 137 Å². The topological polar surface area (TPSA) is 75.6 Å². The Balaban J connectivity index is 1.82. The number of carbonyl (C=O) groups is 2. The van der Waals surface area contributed by atoms with Crippen LogP contribution < -0.4 is 5.32 Å². The number of benzene rings is 1. The van der Waals surface area contributed by atoms with Crippen molar-refractivity contribution in [2.24, 2.45) is 5.92 Å². The fraction of sp³-hybridized carbons (Fsp3) is 0.556. The van der Waals surface area contributed by atoms with E-state index < -0.39 is 12.0 Å². The third-order valence-corrected chi connectivity index (χ3v) is 4.38. The lowest BCUT2D eigenvalue weighted by Gasteiger charge is -2.28. The van der Waals surface area contributed by atoms with Gasteiger partial charge in [-0.1, -0.05) is 50.1 Å². The molecule has 126 valence electrons. The van der Waals surface area contributed by atoms with Crippen LogP contribution in [0.15, 0.2) is 30.3 Å². The van der Waals surface area contributed by atoms with E-state index in [-0.39, 0.29) is 25.0 Å². The molecule has 1 amide bonds. The van der Waals surface area contributed by atoms with Gasteiger partial charge in [0.05, 0.1) is 6.10 Å². The van der Waals surface area contributed by atoms with Crippen LogP contribution in [0.5, 0.6) is 0 Å². The minimum atomic E-state index is -1.03. The molecule has 1 saturated carbocycles. The lowest BCUT2D eigenvalue weighted by Crippen LogP contribution is -2.44. The molecule has 5 nitrogen and oxygen atoms in total. The molecule has 1 aromatic carbocycles. The second-order valence-electron chi connectivity index (χ2n) is 6.26. The molecule has 1 fully saturated rings. The van der Waals surface area contributed by atoms with Crippen LogP contribution in [-0.2, 0) is 20.7 Å². The van der Waals surface area contributed by atoms with Crippen molar-refractivity contribution in [3.63, 3.8) is 0 Å². The Hall–Kier alpha value is -1.88. The van der Waals surface area contributed by atoms with Gasteiger partial charge in [-0.05, 0) is 24.3 Å². The van der Waals surface area contributed by atoms with E-state index in [1.165, 1.54) is 6.42 Å². The number of carboxylic acids is 1. The Morgan fingerprint density at radius 3 is 2.61 bits per heavy atom. The summed E-state index contributed by atoms with van der Waals surface area (Å²) in [6, 6.07) is 8.34. The first-order chi connectivity index (χ1) is 11.1. The van der Waals surface area contributed by atoms with Gasteiger partial charge in [0, 0.05) is 6.42 Å². The van der Waals surface area contributed by atoms with Crippen molar-refractivity contribution in [2.45, 2.75) is 51.2 Å². The van der Waals surface area contributed by atoms with Gasteiger partial charge in [-0.3, -0.25) is 4.79 Å². The highest BCUT2D eigenvalue weighted by Gasteiger charge is 2.24. The van der Waals surface area contributed by atoms with Gasteiger partial charge in [0.25, 0.3) is 0 Å². The molecule has 1 aliphatic carbocycles. The van der Waals surface area contributed by atoms with Crippen LogP contribution in [0.25, 0.3) is 0 Å². The molecule has 2 rings (SSSR count). The van der Waals surface area contributed by atoms with Crippen LogP contribution in [0.4, 0.5) is 0 Å². The average Bonchev–Trinajstić information content (AvgIpc) is 2.54. The summed E-state index contributed by atoms with van der Waals surface area (Å²) in [5, 5.41) is 11.8. The number of hydrogen-bond donors (Lipinski definition) is 2. The summed E-state index contributed by atoms with van der Waals surface area (Å²) in [4.78, 5) is 23.3. The predicted octanol–water partition coefficient (Wildman–Crippen LogP) is 2.39. The third kappa shape index (κ3) is 5.67. The summed E-state index contributed by atoms with van der Waals surface area (Å²) in [6.45, 7) is 2.06. The zero-order valence-electron chi connectivity index (χ0n) is 13.5. The number of aliphatic carboxylic acids is 1. The molecule has 1 aliphatic rings. The van der Waals surface area contributed by atoms with Gasteiger partial charge >= 0.3 is 5.97 Å². The molecule has 0 saturated heterocycles. The smallest absolute Gasteiger partial charge is 0.326 e. The van der Waals surface area contributed by atoms with Gasteiger partial charge in [-0.2, -0.15) is 0 Å². The summed E-state index contributed by atoms with van der Waals surface area (Å²) >= 11 is 0. The summed E-state index contributed by atoms with van der Waals surface area (Å²) in [7, 11) is 0. The number of hydrogen-bond acceptors (Lipinski definition) is 3. The number of carboxylic acid groups (broad SMARTS) is 1. The maximum absolute atomic E-state index is 12.0. The number of rotatable bonds is 7. The van der Waals surface area contributed by atoms with Crippen LogP contribution >= 0.6 is 0 Å². The molecule has 0 aromatic heterocycles. The van der Waals surface area contributed by atoms with Crippen molar-refractivity contribution in [3.8, 4) is 0 Å². The number of carbonyl (C=O) groups excluding carboxylic acids is 1. The zero-order chi connectivity index (χ0) is 16.7. The van der Waals surface area contributed by atoms with Gasteiger partial charge in [0.2, 0.25) is 5.91 Å². The average molecular weight is 319 g/mol. The summed E-state index contributed by atoms with van der Waals surface area (Å²) in [6.07, 6.45) is 4.81. The molecule has 3 atom stereocenters. The highest BCUT2D eigenvalue weighted by molar-refractivity contribution is 5.84. The molecule has 2 unspecified atom stereocenters. The Morgan fingerprint density at radius 2 is 1.96 bits per heavy atom. The first kappa shape index (κ1) is 17.5. The molecular weight excluding hydrogens is 294 g/mol. The van der Waals surface area contributed by atoms with Crippen LogP contribution in [-0.4, -0.2) is 35.7 Å². The first-order valence-electron chi connectivity index (χ1n) is 8.24. The lowest BCUT2D eigenvalue weighted by molar-refractivity contribution is -0.143. The van der Waals surface area contributed by atoms with E-state index in [0.717, 1.165) is 24.8 Å². The van der Waals surface area contributed by atoms with Gasteiger partial charge in [0.15, 0.2) is 0 Å². The van der Waals surface area contributed by atoms with Gasteiger partial charge in [-0.25, -0.2) is 4.79 Å². The van der Waals surface area contributed by atoms with E-state index in [1.54, 1.807) is 0 Å². The molecule has 0 spiro atoms. The number of ether oxygens (including phenoxy) is 1. The van der Waals surface area contributed by atoms with Crippen molar-refractivity contribution in [3.05, 3.63) is 35.9 Å². The second-order valence-corrected chi connectivity index (χ2v) is 6.26. The fourth-order valence-corrected chi connectivity index (χ4v) is 3.00. The molecule has 0 aliphatic heterocycles. The monoisotopic (exact) mass is 319 g/mol. The Kier molecular flexibility index (Phi) is 6.59. The van der Waals surface area contributed by atoms with Crippen molar-refractivity contribution >= 4 is 11.9 Å². The van der Waals surface area contributed by atoms with Crippen LogP contribution in [0, 0.1) is 5.92 Å². The lowest BCUT2D eigenvalue weighted by atomic mass is 9.88. The van der Waals surface area contributed by atoms with Crippen molar-refractivity contribution in [2.75, 3.05) is 6.61 Å². The quantitative estimate of drug-likeness (QED) is 0.809. The minimum Gasteiger partial charge on any atom is -0.480 e. The third-order valence-electron chi connectivity index (χ3n) is 4.38. The van der Waals surface area contributed by atoms with E-state index in [1.807, 2.05) is 30.3 Å². The number of nitrogens with one attached hydrogen (secondary N) is 1. The van der Waals surface area contributed by atoms with Gasteiger partial charge in [-0.15, -0.1) is 0 Å². The van der Waals surface area contributed by atoms with E-state index in [9.17, 15) is 14.7 Å². The molecule has 0 bridgehead atoms. The van der Waals surface area contributed by atoms with Crippen LogP contribution in [0.1, 0.15) is 38.2 Å². The Morgan fingerprint density at radius 1 is 1.26 bits per heavy atom. The maximum atomic E-state index is 12.0. The van der Waals surface area contributed by atoms with E-state index in [0.29, 0.717) is 5.92 Å². The molecular formula is C18H25NO4. The summed E-state index contributed by atoms with van der Waals surface area (Å²) < 4.78 is 5.68. The van der Waals surface area contributed by atoms with Crippen LogP contribution in [0.2, 0.25) is 0 Å². The van der Waals surface area contributed by atoms with E-state index in [2.05, 4.69) is 12.2 Å². The Bertz CT molecular complexity index is 517. The molecule has 0 heterocycles. The molecule has 1 aromatic rings. The second kappa shape index (κ2) is 8.67. The molecule has 5 heteroatoms. The van der Waals surface area contributed by atoms with Crippen molar-refractivity contribution < 1.29 is 19.4 Å². The highest BCUT2D eigenvalue weighted by Crippen LogP contribution is 2.26. The van der Waals surface area contributed by atoms with Gasteiger partial charge in [0.1, 0.15) is 12.6 Å². The predicted molar refractivity (Wildman–Crippen MR) is 87.1 cm³/mol. The summed E-state index contributed by atoms with van der Waals surface area (Å²) in [5.74, 6) is -0.949. The fourth-order valence-electron chi connectivity index (χ4n) is 3.00. The first-order valence-corrected chi connectivity index (χ1v) is 8.24. The largest absolute Gasteiger partial charge is 0.480 e. The van der Waals surface area contributed by atoms with Crippen molar-refractivity contribution in [1.29, 1.82) is 0 Å². The number of amides is 1. The normalized spacial score (nSPS) is 22.3. The summed E-state index contributed by atoms with van der Waals surface area (Å²) in [5.41, 5.74) is 0.877. The van der Waals surface area contributed by atoms with Crippen LogP contribution in [0.3, 0.4) is 0 Å². The molecule has 0 radical (unpaired) electrons. The molecule has 23 heavy (non-hydrogen) atoms. The minimum absolute atomic E-state index is 0.0758. The zero-order valence-corrected chi connectivity index (χ0v) is 13.5. The van der Waals surface area contributed by atoms with Crippen molar-refractivity contribution in [1.82, 2.24) is 5.32 Å². The standard InChI is InChI=1S/C18H25NO4/c1-13-7-5-6-10-16(13)23-12-17(20)19-15(18(21)22)11-14-8-3-2-4-9-14/h2-4,8-9,13,15-16H,5-7,10-12H2,1H3,(H,19,20)(H,21,22)/t13?,15-,16?/m1/s1. The van der Waals surface area contributed by atoms with E-state index in [4.69, 9.17) is 4.74 Å². The molecule has 2 N–H and O–H groups in total. The van der Waals surface area contributed by atoms with Gasteiger partial charge < -0.3 is 15.2 Å².